The number of hydrogen-bond acceptors (Lipinski definition) is 5. The van der Waals surface area contributed by atoms with Crippen LogP contribution in [0.3, 0.4) is 0 Å². The number of anilines is 1. The van der Waals surface area contributed by atoms with Gasteiger partial charge in [-0.05, 0) is 49.2 Å². The number of nitrogens with zero attached hydrogens (tertiary/aromatic N) is 1. The fourth-order valence-electron chi connectivity index (χ4n) is 2.99. The van der Waals surface area contributed by atoms with Crippen LogP contribution in [-0.2, 0) is 0 Å². The molecule has 0 aromatic heterocycles. The number of para-hydroxylation sites is 2. The van der Waals surface area contributed by atoms with Crippen molar-refractivity contribution in [3.8, 4) is 17.2 Å². The van der Waals surface area contributed by atoms with Gasteiger partial charge in [-0.2, -0.15) is 0 Å². The van der Waals surface area contributed by atoms with Crippen molar-refractivity contribution in [2.75, 3.05) is 51.4 Å². The molecule has 0 unspecified atom stereocenters. The zero-order chi connectivity index (χ0) is 18.0. The van der Waals surface area contributed by atoms with Gasteiger partial charge in [-0.3, -0.25) is 0 Å². The summed E-state index contributed by atoms with van der Waals surface area (Å²) in [6.07, 6.45) is 1.89. The Labute approximate surface area is 155 Å². The molecule has 2 aromatic rings. The largest absolute Gasteiger partial charge is 0.494 e. The predicted molar refractivity (Wildman–Crippen MR) is 105 cm³/mol. The highest BCUT2D eigenvalue weighted by Crippen LogP contribution is 2.26. The first-order valence-corrected chi connectivity index (χ1v) is 9.31. The Balaban J connectivity index is 1.33. The van der Waals surface area contributed by atoms with Crippen molar-refractivity contribution in [1.82, 2.24) is 5.32 Å². The molecular formula is C21H28N2O3. The molecule has 5 nitrogen and oxygen atoms in total. The van der Waals surface area contributed by atoms with E-state index in [2.05, 4.69) is 34.5 Å². The molecule has 140 valence electrons. The van der Waals surface area contributed by atoms with Gasteiger partial charge in [-0.15, -0.1) is 0 Å². The second-order valence-electron chi connectivity index (χ2n) is 6.29. The smallest absolute Gasteiger partial charge is 0.161 e. The van der Waals surface area contributed by atoms with E-state index < -0.39 is 0 Å². The van der Waals surface area contributed by atoms with Gasteiger partial charge in [0.15, 0.2) is 11.5 Å². The standard InChI is InChI=1S/C21H28N2O3/c1-24-20-6-2-3-7-21(20)26-17-5-4-16-25-19-10-8-18(9-11-19)23-14-12-22-13-15-23/h2-3,6-11,22H,4-5,12-17H2,1H3. The monoisotopic (exact) mass is 356 g/mol. The third-order valence-electron chi connectivity index (χ3n) is 4.45. The molecule has 3 rings (SSSR count). The number of unbranched alkanes of at least 4 members (excludes halogenated alkanes) is 1. The highest BCUT2D eigenvalue weighted by Gasteiger charge is 2.10. The van der Waals surface area contributed by atoms with E-state index in [1.165, 1.54) is 5.69 Å². The molecule has 5 heteroatoms. The molecule has 1 aliphatic heterocycles. The van der Waals surface area contributed by atoms with Crippen LogP contribution in [0.15, 0.2) is 48.5 Å². The van der Waals surface area contributed by atoms with Crippen LogP contribution in [-0.4, -0.2) is 46.5 Å². The van der Waals surface area contributed by atoms with Crippen molar-refractivity contribution in [2.24, 2.45) is 0 Å². The maximum absolute atomic E-state index is 5.83. The Hall–Kier alpha value is -2.40. The zero-order valence-corrected chi connectivity index (χ0v) is 15.4. The summed E-state index contributed by atoms with van der Waals surface area (Å²) in [5.74, 6) is 2.49. The van der Waals surface area contributed by atoms with E-state index in [0.29, 0.717) is 13.2 Å². The normalized spacial score (nSPS) is 14.1. The molecule has 0 amide bonds. The minimum Gasteiger partial charge on any atom is -0.494 e. The van der Waals surface area contributed by atoms with Crippen molar-refractivity contribution < 1.29 is 14.2 Å². The summed E-state index contributed by atoms with van der Waals surface area (Å²) >= 11 is 0. The number of hydrogen-bond donors (Lipinski definition) is 1. The summed E-state index contributed by atoms with van der Waals surface area (Å²) in [4.78, 5) is 2.40. The topological polar surface area (TPSA) is 43.0 Å². The van der Waals surface area contributed by atoms with E-state index in [4.69, 9.17) is 14.2 Å². The van der Waals surface area contributed by atoms with Crippen molar-refractivity contribution in [2.45, 2.75) is 12.8 Å². The molecule has 1 heterocycles. The Morgan fingerprint density at radius 3 is 2.19 bits per heavy atom. The van der Waals surface area contributed by atoms with Gasteiger partial charge in [0.05, 0.1) is 20.3 Å². The van der Waals surface area contributed by atoms with E-state index in [-0.39, 0.29) is 0 Å². The molecular weight excluding hydrogens is 328 g/mol. The highest BCUT2D eigenvalue weighted by molar-refractivity contribution is 5.49. The lowest BCUT2D eigenvalue weighted by atomic mass is 10.2. The van der Waals surface area contributed by atoms with E-state index >= 15 is 0 Å². The van der Waals surface area contributed by atoms with E-state index in [1.54, 1.807) is 7.11 Å². The van der Waals surface area contributed by atoms with Gasteiger partial charge < -0.3 is 24.4 Å². The first-order chi connectivity index (χ1) is 12.9. The van der Waals surface area contributed by atoms with Crippen LogP contribution in [0.1, 0.15) is 12.8 Å². The number of piperazine rings is 1. The van der Waals surface area contributed by atoms with Crippen LogP contribution in [0.25, 0.3) is 0 Å². The van der Waals surface area contributed by atoms with Crippen LogP contribution >= 0.6 is 0 Å². The Morgan fingerprint density at radius 2 is 1.50 bits per heavy atom. The number of benzene rings is 2. The Bertz CT molecular complexity index is 655. The fraction of sp³-hybridized carbons (Fsp3) is 0.429. The van der Waals surface area contributed by atoms with Crippen molar-refractivity contribution in [1.29, 1.82) is 0 Å². The molecule has 0 saturated carbocycles. The zero-order valence-electron chi connectivity index (χ0n) is 15.4. The molecule has 1 fully saturated rings. The minimum atomic E-state index is 0.658. The lowest BCUT2D eigenvalue weighted by Gasteiger charge is -2.29. The van der Waals surface area contributed by atoms with Crippen LogP contribution < -0.4 is 24.4 Å². The van der Waals surface area contributed by atoms with Gasteiger partial charge in [-0.1, -0.05) is 12.1 Å². The first kappa shape index (κ1) is 18.4. The van der Waals surface area contributed by atoms with Crippen LogP contribution in [0.5, 0.6) is 17.2 Å². The maximum atomic E-state index is 5.83. The summed E-state index contributed by atoms with van der Waals surface area (Å²) in [7, 11) is 1.66. The van der Waals surface area contributed by atoms with Gasteiger partial charge >= 0.3 is 0 Å². The Kier molecular flexibility index (Phi) is 7.02. The van der Waals surface area contributed by atoms with E-state index in [0.717, 1.165) is 56.3 Å². The van der Waals surface area contributed by atoms with Crippen LogP contribution in [0.4, 0.5) is 5.69 Å². The molecule has 0 aliphatic carbocycles. The number of nitrogens with one attached hydrogen (secondary N) is 1. The summed E-state index contributed by atoms with van der Waals surface area (Å²) in [6.45, 7) is 5.58. The lowest BCUT2D eigenvalue weighted by molar-refractivity contribution is 0.258. The van der Waals surface area contributed by atoms with Crippen molar-refractivity contribution in [3.63, 3.8) is 0 Å². The van der Waals surface area contributed by atoms with Crippen molar-refractivity contribution >= 4 is 5.69 Å². The number of methoxy groups -OCH3 is 1. The van der Waals surface area contributed by atoms with E-state index in [9.17, 15) is 0 Å². The third kappa shape index (κ3) is 5.30. The highest BCUT2D eigenvalue weighted by atomic mass is 16.5. The molecule has 0 bridgehead atoms. The molecule has 1 aliphatic rings. The molecule has 1 saturated heterocycles. The van der Waals surface area contributed by atoms with Gasteiger partial charge in [0.2, 0.25) is 0 Å². The average molecular weight is 356 g/mol. The third-order valence-corrected chi connectivity index (χ3v) is 4.45. The van der Waals surface area contributed by atoms with E-state index in [1.807, 2.05) is 24.3 Å². The minimum absolute atomic E-state index is 0.658. The summed E-state index contributed by atoms with van der Waals surface area (Å²) < 4.78 is 16.9. The SMILES string of the molecule is COc1ccccc1OCCCCOc1ccc(N2CCNCC2)cc1. The first-order valence-electron chi connectivity index (χ1n) is 9.31. The fourth-order valence-corrected chi connectivity index (χ4v) is 2.99. The molecule has 26 heavy (non-hydrogen) atoms. The van der Waals surface area contributed by atoms with Crippen LogP contribution in [0, 0.1) is 0 Å². The second kappa shape index (κ2) is 9.92. The maximum Gasteiger partial charge on any atom is 0.161 e. The van der Waals surface area contributed by atoms with Gasteiger partial charge in [0.1, 0.15) is 5.75 Å². The van der Waals surface area contributed by atoms with Gasteiger partial charge in [-0.25, -0.2) is 0 Å². The van der Waals surface area contributed by atoms with Crippen LogP contribution in [0.2, 0.25) is 0 Å². The molecule has 0 atom stereocenters. The summed E-state index contributed by atoms with van der Waals surface area (Å²) in [6, 6.07) is 16.1. The quantitative estimate of drug-likeness (QED) is 0.698. The number of ether oxygens (including phenoxy) is 3. The Morgan fingerprint density at radius 1 is 0.846 bits per heavy atom. The summed E-state index contributed by atoms with van der Waals surface area (Å²) in [5.41, 5.74) is 1.27. The molecule has 0 spiro atoms. The predicted octanol–water partition coefficient (Wildman–Crippen LogP) is 3.34. The summed E-state index contributed by atoms with van der Waals surface area (Å²) in [5, 5.41) is 3.37. The number of rotatable bonds is 9. The van der Waals surface area contributed by atoms with Gasteiger partial charge in [0, 0.05) is 31.9 Å². The van der Waals surface area contributed by atoms with Gasteiger partial charge in [0.25, 0.3) is 0 Å². The molecule has 2 aromatic carbocycles. The molecule has 1 N–H and O–H groups in total. The second-order valence-corrected chi connectivity index (χ2v) is 6.29. The molecule has 0 radical (unpaired) electrons. The lowest BCUT2D eigenvalue weighted by Crippen LogP contribution is -2.43. The average Bonchev–Trinajstić information content (AvgIpc) is 2.72. The van der Waals surface area contributed by atoms with Crippen molar-refractivity contribution in [3.05, 3.63) is 48.5 Å².